The Kier molecular flexibility index (Phi) is 5.73. The molecular formula is C23H30N2O4. The van der Waals surface area contributed by atoms with Crippen LogP contribution < -0.4 is 10.1 Å². The lowest BCUT2D eigenvalue weighted by Gasteiger charge is -2.46. The summed E-state index contributed by atoms with van der Waals surface area (Å²) in [5.74, 6) is 1.02. The quantitative estimate of drug-likeness (QED) is 0.442. The SMILES string of the molecule is C=N/C=C(/CNC(=O)c1c(C)cc2c(c1O)C1C=C(C)CCC1C(C)(C)O2)OC. The molecule has 3 rings (SSSR count). The fourth-order valence-corrected chi connectivity index (χ4v) is 4.50. The van der Waals surface area contributed by atoms with Gasteiger partial charge in [-0.1, -0.05) is 11.6 Å². The van der Waals surface area contributed by atoms with Crippen molar-refractivity contribution < 1.29 is 19.4 Å². The van der Waals surface area contributed by atoms with Gasteiger partial charge in [-0.2, -0.15) is 0 Å². The van der Waals surface area contributed by atoms with E-state index in [1.165, 1.54) is 18.9 Å². The van der Waals surface area contributed by atoms with Crippen LogP contribution in [0.2, 0.25) is 0 Å². The zero-order valence-electron chi connectivity index (χ0n) is 17.8. The molecule has 2 atom stereocenters. The van der Waals surface area contributed by atoms with Crippen LogP contribution in [0.25, 0.3) is 0 Å². The Morgan fingerprint density at radius 1 is 1.48 bits per heavy atom. The second-order valence-electron chi connectivity index (χ2n) is 8.38. The summed E-state index contributed by atoms with van der Waals surface area (Å²) in [5.41, 5.74) is 2.60. The van der Waals surface area contributed by atoms with E-state index < -0.39 is 0 Å². The normalized spacial score (nSPS) is 22.5. The van der Waals surface area contributed by atoms with Gasteiger partial charge in [-0.15, -0.1) is 0 Å². The molecular weight excluding hydrogens is 368 g/mol. The predicted molar refractivity (Wildman–Crippen MR) is 114 cm³/mol. The summed E-state index contributed by atoms with van der Waals surface area (Å²) in [6.45, 7) is 11.7. The molecule has 6 nitrogen and oxygen atoms in total. The molecule has 6 heteroatoms. The molecule has 0 fully saturated rings. The minimum atomic E-state index is -0.368. The molecule has 1 aliphatic heterocycles. The Morgan fingerprint density at radius 3 is 2.86 bits per heavy atom. The third-order valence-corrected chi connectivity index (χ3v) is 5.99. The maximum absolute atomic E-state index is 12.9. The van der Waals surface area contributed by atoms with Gasteiger partial charge in [0, 0.05) is 17.4 Å². The van der Waals surface area contributed by atoms with Crippen molar-refractivity contribution in [3.05, 3.63) is 46.4 Å². The van der Waals surface area contributed by atoms with E-state index in [1.807, 2.05) is 6.07 Å². The predicted octanol–water partition coefficient (Wildman–Crippen LogP) is 4.23. The number of ether oxygens (including phenoxy) is 2. The summed E-state index contributed by atoms with van der Waals surface area (Å²) in [6.07, 6.45) is 5.67. The van der Waals surface area contributed by atoms with Crippen molar-refractivity contribution in [3.8, 4) is 11.5 Å². The van der Waals surface area contributed by atoms with E-state index in [9.17, 15) is 9.90 Å². The van der Waals surface area contributed by atoms with Crippen molar-refractivity contribution in [1.82, 2.24) is 5.32 Å². The molecule has 1 amide bonds. The number of aryl methyl sites for hydroxylation is 1. The van der Waals surface area contributed by atoms with Gasteiger partial charge in [0.25, 0.3) is 5.91 Å². The zero-order valence-corrected chi connectivity index (χ0v) is 17.8. The van der Waals surface area contributed by atoms with E-state index in [4.69, 9.17) is 9.47 Å². The van der Waals surface area contributed by atoms with Crippen LogP contribution >= 0.6 is 0 Å². The van der Waals surface area contributed by atoms with Crippen LogP contribution in [0, 0.1) is 12.8 Å². The fraction of sp³-hybridized carbons (Fsp3) is 0.478. The highest BCUT2D eigenvalue weighted by Gasteiger charge is 2.46. The molecule has 0 spiro atoms. The number of fused-ring (bicyclic) bond motifs is 3. The highest BCUT2D eigenvalue weighted by Crippen LogP contribution is 2.54. The Labute approximate surface area is 172 Å². The number of phenols is 1. The molecule has 156 valence electrons. The van der Waals surface area contributed by atoms with Crippen molar-refractivity contribution >= 4 is 12.6 Å². The first-order chi connectivity index (χ1) is 13.7. The molecule has 0 radical (unpaired) electrons. The van der Waals surface area contributed by atoms with Crippen LogP contribution in [0.15, 0.2) is 34.7 Å². The topological polar surface area (TPSA) is 80.2 Å². The van der Waals surface area contributed by atoms with Crippen molar-refractivity contribution in [1.29, 1.82) is 0 Å². The summed E-state index contributed by atoms with van der Waals surface area (Å²) in [5, 5.41) is 13.9. The number of nitrogens with one attached hydrogen (secondary N) is 1. The molecule has 1 aliphatic carbocycles. The largest absolute Gasteiger partial charge is 0.507 e. The smallest absolute Gasteiger partial charge is 0.255 e. The summed E-state index contributed by atoms with van der Waals surface area (Å²) < 4.78 is 11.5. The Hall–Kier alpha value is -2.76. The van der Waals surface area contributed by atoms with Crippen LogP contribution in [-0.4, -0.2) is 37.0 Å². The number of aliphatic imine (C=N–C) groups is 1. The van der Waals surface area contributed by atoms with E-state index in [2.05, 4.69) is 43.9 Å². The number of carbonyl (C=O) groups is 1. The van der Waals surface area contributed by atoms with Gasteiger partial charge in [0.05, 0.1) is 25.4 Å². The molecule has 1 aromatic rings. The highest BCUT2D eigenvalue weighted by atomic mass is 16.5. The molecule has 0 saturated carbocycles. The van der Waals surface area contributed by atoms with Gasteiger partial charge >= 0.3 is 0 Å². The number of amides is 1. The Balaban J connectivity index is 2.02. The van der Waals surface area contributed by atoms with Gasteiger partial charge in [0.2, 0.25) is 0 Å². The molecule has 2 unspecified atom stereocenters. The number of nitrogens with zero attached hydrogens (tertiary/aromatic N) is 1. The van der Waals surface area contributed by atoms with Crippen LogP contribution in [0.3, 0.4) is 0 Å². The first-order valence-electron chi connectivity index (χ1n) is 9.89. The lowest BCUT2D eigenvalue weighted by atomic mass is 9.67. The molecule has 1 aromatic carbocycles. The average molecular weight is 399 g/mol. The Bertz CT molecular complexity index is 899. The van der Waals surface area contributed by atoms with Gasteiger partial charge < -0.3 is 19.9 Å². The van der Waals surface area contributed by atoms with Crippen LogP contribution in [0.1, 0.15) is 61.0 Å². The number of rotatable bonds is 5. The molecule has 2 aliphatic rings. The summed E-state index contributed by atoms with van der Waals surface area (Å²) >= 11 is 0. The van der Waals surface area contributed by atoms with Crippen molar-refractivity contribution in [3.63, 3.8) is 0 Å². The fourth-order valence-electron chi connectivity index (χ4n) is 4.50. The number of hydrogen-bond acceptors (Lipinski definition) is 5. The number of phenolic OH excluding ortho intramolecular Hbond substituents is 1. The van der Waals surface area contributed by atoms with Crippen molar-refractivity contribution in [2.24, 2.45) is 10.9 Å². The molecule has 2 N–H and O–H groups in total. The molecule has 29 heavy (non-hydrogen) atoms. The van der Waals surface area contributed by atoms with Crippen LogP contribution in [0.4, 0.5) is 0 Å². The lowest BCUT2D eigenvalue weighted by Crippen LogP contribution is -2.45. The van der Waals surface area contributed by atoms with Gasteiger partial charge in [0.1, 0.15) is 22.9 Å². The van der Waals surface area contributed by atoms with E-state index in [1.54, 1.807) is 6.92 Å². The minimum absolute atomic E-state index is 0.00116. The summed E-state index contributed by atoms with van der Waals surface area (Å²) in [4.78, 5) is 16.5. The monoisotopic (exact) mass is 398 g/mol. The maximum atomic E-state index is 12.9. The minimum Gasteiger partial charge on any atom is -0.507 e. The van der Waals surface area contributed by atoms with Gasteiger partial charge in [0.15, 0.2) is 0 Å². The lowest BCUT2D eigenvalue weighted by molar-refractivity contribution is 0.0107. The first kappa shape index (κ1) is 21.0. The molecule has 0 aromatic heterocycles. The highest BCUT2D eigenvalue weighted by molar-refractivity contribution is 5.99. The summed E-state index contributed by atoms with van der Waals surface area (Å²) in [6, 6.07) is 1.86. The number of hydrogen-bond donors (Lipinski definition) is 2. The number of methoxy groups -OCH3 is 1. The summed E-state index contributed by atoms with van der Waals surface area (Å²) in [7, 11) is 1.50. The van der Waals surface area contributed by atoms with E-state index in [-0.39, 0.29) is 41.2 Å². The second-order valence-corrected chi connectivity index (χ2v) is 8.38. The Morgan fingerprint density at radius 2 is 2.21 bits per heavy atom. The molecule has 0 bridgehead atoms. The van der Waals surface area contributed by atoms with E-state index in [0.29, 0.717) is 22.6 Å². The number of carbonyl (C=O) groups excluding carboxylic acids is 1. The standard InChI is InChI=1S/C23H30N2O4/c1-13-7-8-17-16(9-13)20-18(29-23(17,3)4)10-14(2)19(21(20)26)22(27)25-12-15(28-6)11-24-5/h9-11,16-17,26H,5,7-8,12H2,1-4,6H3,(H,25,27)/b15-11-. The van der Waals surface area contributed by atoms with Crippen molar-refractivity contribution in [2.45, 2.75) is 52.1 Å². The first-order valence-corrected chi connectivity index (χ1v) is 9.89. The zero-order chi connectivity index (χ0) is 21.3. The van der Waals surface area contributed by atoms with Crippen molar-refractivity contribution in [2.75, 3.05) is 13.7 Å². The van der Waals surface area contributed by atoms with Gasteiger partial charge in [-0.3, -0.25) is 9.79 Å². The average Bonchev–Trinajstić information content (AvgIpc) is 2.63. The van der Waals surface area contributed by atoms with Gasteiger partial charge in [-0.05, 0) is 58.9 Å². The van der Waals surface area contributed by atoms with Crippen LogP contribution in [-0.2, 0) is 4.74 Å². The van der Waals surface area contributed by atoms with Crippen LogP contribution in [0.5, 0.6) is 11.5 Å². The van der Waals surface area contributed by atoms with E-state index >= 15 is 0 Å². The third-order valence-electron chi connectivity index (χ3n) is 5.99. The number of aromatic hydroxyl groups is 1. The maximum Gasteiger partial charge on any atom is 0.255 e. The molecule has 1 heterocycles. The number of allylic oxidation sites excluding steroid dienone is 2. The second kappa shape index (κ2) is 7.93. The third kappa shape index (κ3) is 3.88. The molecule has 0 saturated heterocycles. The van der Waals surface area contributed by atoms with E-state index in [0.717, 1.165) is 12.8 Å². The van der Waals surface area contributed by atoms with Gasteiger partial charge in [-0.25, -0.2) is 0 Å². The number of benzene rings is 1.